The van der Waals surface area contributed by atoms with Crippen molar-refractivity contribution >= 4 is 35.5 Å². The van der Waals surface area contributed by atoms with E-state index < -0.39 is 0 Å². The number of hydrogen-bond donors (Lipinski definition) is 2. The molecular weight excluding hydrogens is 480 g/mol. The lowest BCUT2D eigenvalue weighted by Crippen LogP contribution is -2.69. The van der Waals surface area contributed by atoms with Gasteiger partial charge in [-0.15, -0.1) is 0 Å². The number of carbonyl (C=O) groups is 2. The number of anilines is 3. The molecule has 1 atom stereocenters. The van der Waals surface area contributed by atoms with Crippen LogP contribution in [0.25, 0.3) is 6.08 Å². The largest absolute Gasteiger partial charge is 0.352 e. The molecule has 0 aromatic carbocycles. The van der Waals surface area contributed by atoms with Crippen molar-refractivity contribution in [2.24, 2.45) is 0 Å². The highest BCUT2D eigenvalue weighted by Crippen LogP contribution is 2.42. The molecule has 1 aliphatic carbocycles. The number of hydrogen-bond acceptors (Lipinski definition) is 8. The van der Waals surface area contributed by atoms with Gasteiger partial charge in [-0.1, -0.05) is 31.4 Å². The molecule has 5 heterocycles. The topological polar surface area (TPSA) is 107 Å². The summed E-state index contributed by atoms with van der Waals surface area (Å²) < 4.78 is 0. The molecule has 10 nitrogen and oxygen atoms in total. The lowest BCUT2D eigenvalue weighted by molar-refractivity contribution is -0.123. The van der Waals surface area contributed by atoms with Crippen molar-refractivity contribution in [1.82, 2.24) is 30.1 Å². The van der Waals surface area contributed by atoms with E-state index in [1.54, 1.807) is 24.5 Å². The van der Waals surface area contributed by atoms with Gasteiger partial charge in [0, 0.05) is 56.7 Å². The molecule has 3 aliphatic heterocycles. The summed E-state index contributed by atoms with van der Waals surface area (Å²) in [7, 11) is 0. The van der Waals surface area contributed by atoms with Crippen LogP contribution in [0, 0.1) is 0 Å². The second-order valence-corrected chi connectivity index (χ2v) is 11.1. The minimum Gasteiger partial charge on any atom is -0.352 e. The molecule has 2 amide bonds. The lowest BCUT2D eigenvalue weighted by atomic mass is 9.77. The van der Waals surface area contributed by atoms with Crippen molar-refractivity contribution in [2.75, 3.05) is 42.9 Å². The zero-order chi connectivity index (χ0) is 26.3. The standard InChI is InChI=1S/C28H36N8O2/c1-19(2)34-12-14-35(15-13-34)26(38)21-7-9-23(29-17-21)32-27-30-16-20-6-8-22-25(37)31-18-28(10-4-3-5-11-28)36(22)24(20)33-27/h6-9,16-17,19,22H,3-5,10-15,18H2,1-2H3,(H,31,37)(H,29,30,32,33). The number of nitrogens with zero attached hydrogens (tertiary/aromatic N) is 6. The van der Waals surface area contributed by atoms with Crippen LogP contribution < -0.4 is 15.5 Å². The normalized spacial score (nSPS) is 22.7. The summed E-state index contributed by atoms with van der Waals surface area (Å²) in [4.78, 5) is 46.2. The van der Waals surface area contributed by atoms with Gasteiger partial charge in [-0.2, -0.15) is 4.98 Å². The Balaban J connectivity index is 1.19. The van der Waals surface area contributed by atoms with Crippen molar-refractivity contribution in [1.29, 1.82) is 0 Å². The second kappa shape index (κ2) is 9.98. The van der Waals surface area contributed by atoms with E-state index in [9.17, 15) is 9.59 Å². The highest BCUT2D eigenvalue weighted by atomic mass is 16.2. The fourth-order valence-corrected chi connectivity index (χ4v) is 6.29. The number of rotatable bonds is 4. The molecular formula is C28H36N8O2. The molecule has 2 saturated heterocycles. The third kappa shape index (κ3) is 4.51. The van der Waals surface area contributed by atoms with Crippen molar-refractivity contribution in [3.8, 4) is 0 Å². The molecule has 0 bridgehead atoms. The van der Waals surface area contributed by atoms with Gasteiger partial charge in [0.15, 0.2) is 0 Å². The van der Waals surface area contributed by atoms with E-state index in [4.69, 9.17) is 4.98 Å². The summed E-state index contributed by atoms with van der Waals surface area (Å²) in [6.07, 6.45) is 12.9. The van der Waals surface area contributed by atoms with Crippen LogP contribution >= 0.6 is 0 Å². The lowest BCUT2D eigenvalue weighted by Gasteiger charge is -2.54. The van der Waals surface area contributed by atoms with Gasteiger partial charge in [-0.05, 0) is 38.8 Å². The minimum atomic E-state index is -0.358. The molecule has 4 aliphatic rings. The molecule has 2 aromatic heterocycles. The Labute approximate surface area is 223 Å². The van der Waals surface area contributed by atoms with Crippen LogP contribution in [-0.2, 0) is 4.79 Å². The van der Waals surface area contributed by atoms with E-state index in [1.165, 1.54) is 6.42 Å². The fraction of sp³-hybridized carbons (Fsp3) is 0.536. The van der Waals surface area contributed by atoms with Crippen LogP contribution in [0.15, 0.2) is 30.6 Å². The van der Waals surface area contributed by atoms with Crippen molar-refractivity contribution in [3.05, 3.63) is 41.7 Å². The van der Waals surface area contributed by atoms with Crippen LogP contribution in [0.5, 0.6) is 0 Å². The molecule has 2 aromatic rings. The average molecular weight is 517 g/mol. The van der Waals surface area contributed by atoms with Gasteiger partial charge in [0.25, 0.3) is 5.91 Å². The van der Waals surface area contributed by atoms with Crippen molar-refractivity contribution < 1.29 is 9.59 Å². The predicted octanol–water partition coefficient (Wildman–Crippen LogP) is 2.82. The molecule has 10 heteroatoms. The predicted molar refractivity (Wildman–Crippen MR) is 146 cm³/mol. The van der Waals surface area contributed by atoms with E-state index in [-0.39, 0.29) is 23.4 Å². The van der Waals surface area contributed by atoms with E-state index >= 15 is 0 Å². The maximum atomic E-state index is 13.0. The van der Waals surface area contributed by atoms with Gasteiger partial charge < -0.3 is 20.4 Å². The molecule has 200 valence electrons. The third-order valence-electron chi connectivity index (χ3n) is 8.50. The van der Waals surface area contributed by atoms with E-state index in [1.807, 2.05) is 17.1 Å². The first-order valence-corrected chi connectivity index (χ1v) is 13.8. The average Bonchev–Trinajstić information content (AvgIpc) is 2.95. The highest BCUT2D eigenvalue weighted by Gasteiger charge is 2.49. The molecule has 0 radical (unpaired) electrons. The number of amides is 2. The Bertz CT molecular complexity index is 1230. The number of nitrogens with one attached hydrogen (secondary N) is 2. The monoisotopic (exact) mass is 516 g/mol. The van der Waals surface area contributed by atoms with Crippen LogP contribution in [0.2, 0.25) is 0 Å². The van der Waals surface area contributed by atoms with E-state index in [2.05, 4.69) is 44.2 Å². The Hall–Kier alpha value is -3.53. The summed E-state index contributed by atoms with van der Waals surface area (Å²) in [6, 6.07) is 3.73. The van der Waals surface area contributed by atoms with Gasteiger partial charge in [0.05, 0.1) is 11.1 Å². The van der Waals surface area contributed by atoms with Crippen LogP contribution in [0.3, 0.4) is 0 Å². The van der Waals surface area contributed by atoms with Gasteiger partial charge in [-0.3, -0.25) is 14.5 Å². The first kappa shape index (κ1) is 24.8. The number of carbonyl (C=O) groups excluding carboxylic acids is 2. The van der Waals surface area contributed by atoms with Crippen LogP contribution in [-0.4, -0.2) is 86.9 Å². The second-order valence-electron chi connectivity index (χ2n) is 11.1. The summed E-state index contributed by atoms with van der Waals surface area (Å²) in [5.41, 5.74) is 1.37. The van der Waals surface area contributed by atoms with Crippen LogP contribution in [0.4, 0.5) is 17.6 Å². The summed E-state index contributed by atoms with van der Waals surface area (Å²) in [5.74, 6) is 1.81. The maximum Gasteiger partial charge on any atom is 0.255 e. The van der Waals surface area contributed by atoms with E-state index in [0.29, 0.717) is 29.9 Å². The number of piperazine rings is 2. The minimum absolute atomic E-state index is 0.0106. The van der Waals surface area contributed by atoms with Gasteiger partial charge in [-0.25, -0.2) is 9.97 Å². The summed E-state index contributed by atoms with van der Waals surface area (Å²) in [5, 5.41) is 6.34. The molecule has 38 heavy (non-hydrogen) atoms. The zero-order valence-electron chi connectivity index (χ0n) is 22.2. The number of pyridine rings is 1. The third-order valence-corrected chi connectivity index (χ3v) is 8.50. The zero-order valence-corrected chi connectivity index (χ0v) is 22.2. The Morgan fingerprint density at radius 3 is 2.58 bits per heavy atom. The SMILES string of the molecule is CC(C)N1CCN(C(=O)c2ccc(Nc3ncc4c(n3)N3C(C=C4)C(=O)NCC34CCCCC4)nc2)CC1. The van der Waals surface area contributed by atoms with Crippen molar-refractivity contribution in [2.45, 2.75) is 63.6 Å². The van der Waals surface area contributed by atoms with Gasteiger partial charge in [0.2, 0.25) is 11.9 Å². The summed E-state index contributed by atoms with van der Waals surface area (Å²) in [6.45, 7) is 8.25. The first-order valence-electron chi connectivity index (χ1n) is 13.8. The van der Waals surface area contributed by atoms with Gasteiger partial charge in [0.1, 0.15) is 17.7 Å². The molecule has 1 spiro atoms. The summed E-state index contributed by atoms with van der Waals surface area (Å²) >= 11 is 0. The molecule has 1 unspecified atom stereocenters. The number of aromatic nitrogens is 3. The smallest absolute Gasteiger partial charge is 0.255 e. The fourth-order valence-electron chi connectivity index (χ4n) is 6.29. The quantitative estimate of drug-likeness (QED) is 0.639. The van der Waals surface area contributed by atoms with Crippen LogP contribution in [0.1, 0.15) is 61.9 Å². The molecule has 2 N–H and O–H groups in total. The molecule has 3 fully saturated rings. The Kier molecular flexibility index (Phi) is 6.51. The van der Waals surface area contributed by atoms with Gasteiger partial charge >= 0.3 is 0 Å². The molecule has 6 rings (SSSR count). The first-order chi connectivity index (χ1) is 18.4. The van der Waals surface area contributed by atoms with Crippen molar-refractivity contribution in [3.63, 3.8) is 0 Å². The number of fused-ring (bicyclic) bond motifs is 4. The Morgan fingerprint density at radius 1 is 1.08 bits per heavy atom. The molecule has 1 saturated carbocycles. The highest BCUT2D eigenvalue weighted by molar-refractivity contribution is 5.94. The van der Waals surface area contributed by atoms with E-state index in [0.717, 1.165) is 63.2 Å². The Morgan fingerprint density at radius 2 is 1.87 bits per heavy atom. The maximum absolute atomic E-state index is 13.0.